The van der Waals surface area contributed by atoms with Gasteiger partial charge in [-0.3, -0.25) is 9.59 Å². The first-order chi connectivity index (χ1) is 35.0. The maximum Gasteiger partial charge on any atom is 0.305 e. The van der Waals surface area contributed by atoms with Crippen molar-refractivity contribution in [2.75, 3.05) is 13.2 Å². The molecule has 418 valence electrons. The van der Waals surface area contributed by atoms with E-state index in [2.05, 4.69) is 55.6 Å². The lowest BCUT2D eigenvalue weighted by Gasteiger charge is -2.22. The number of hydrogen-bond acceptors (Lipinski definition) is 5. The van der Waals surface area contributed by atoms with Crippen LogP contribution in [0.5, 0.6) is 0 Å². The summed E-state index contributed by atoms with van der Waals surface area (Å²) in [7, 11) is 0. The molecular formula is C65H123NO5. The third-order valence-electron chi connectivity index (χ3n) is 14.6. The summed E-state index contributed by atoms with van der Waals surface area (Å²) in [5, 5.41) is 23.3. The highest BCUT2D eigenvalue weighted by atomic mass is 16.5. The van der Waals surface area contributed by atoms with Gasteiger partial charge in [-0.15, -0.1) is 0 Å². The molecule has 0 aromatic rings. The van der Waals surface area contributed by atoms with Gasteiger partial charge in [-0.25, -0.2) is 0 Å². The Hall–Kier alpha value is -1.92. The van der Waals surface area contributed by atoms with E-state index >= 15 is 0 Å². The van der Waals surface area contributed by atoms with Crippen molar-refractivity contribution in [2.24, 2.45) is 0 Å². The molecule has 2 atom stereocenters. The minimum atomic E-state index is -0.669. The number of nitrogens with one attached hydrogen (secondary N) is 1. The fraction of sp³-hybridized carbons (Fsp3) is 0.877. The van der Waals surface area contributed by atoms with Gasteiger partial charge in [0.2, 0.25) is 5.91 Å². The van der Waals surface area contributed by atoms with Crippen LogP contribution >= 0.6 is 0 Å². The van der Waals surface area contributed by atoms with E-state index in [4.69, 9.17) is 4.74 Å². The molecule has 0 rings (SSSR count). The SMILES string of the molecule is CCC/C=C\C/C=C\CCCCCCCC(=O)OCCCCCCCCCCCCCC/C=C\CCCCCCCCCC(=O)NC(CO)C(O)CCCCCCCCCCCCCCCCCCCC. The summed E-state index contributed by atoms with van der Waals surface area (Å²) < 4.78 is 5.47. The molecule has 0 bridgehead atoms. The Morgan fingerprint density at radius 3 is 1.14 bits per heavy atom. The topological polar surface area (TPSA) is 95.9 Å². The third kappa shape index (κ3) is 57.2. The summed E-state index contributed by atoms with van der Waals surface area (Å²) in [5.41, 5.74) is 0. The number of hydrogen-bond donors (Lipinski definition) is 3. The monoisotopic (exact) mass is 998 g/mol. The standard InChI is InChI=1S/C65H123NO5/c1-3-5-7-9-11-13-15-17-18-19-27-30-34-37-41-45-49-53-57-63(68)62(61-67)66-64(69)58-54-50-46-42-38-35-31-28-25-23-21-20-22-24-26-29-32-36-40-44-48-52-56-60-71-65(70)59-55-51-47-43-39-33-16-14-12-10-8-6-4-2/h8,10,14,16,23,25,62-63,67-68H,3-7,9,11-13,15,17-22,24,26-61H2,1-2H3,(H,66,69)/b10-8-,16-14-,25-23-. The lowest BCUT2D eigenvalue weighted by molar-refractivity contribution is -0.143. The van der Waals surface area contributed by atoms with Gasteiger partial charge in [-0.1, -0.05) is 288 Å². The number of esters is 1. The van der Waals surface area contributed by atoms with Gasteiger partial charge in [-0.2, -0.15) is 0 Å². The molecule has 0 aromatic carbocycles. The minimum Gasteiger partial charge on any atom is -0.466 e. The number of aliphatic hydroxyl groups is 2. The molecule has 0 aromatic heterocycles. The predicted octanol–water partition coefficient (Wildman–Crippen LogP) is 20.0. The Morgan fingerprint density at radius 1 is 0.394 bits per heavy atom. The predicted molar refractivity (Wildman–Crippen MR) is 310 cm³/mol. The lowest BCUT2D eigenvalue weighted by atomic mass is 10.0. The van der Waals surface area contributed by atoms with Crippen LogP contribution in [0.3, 0.4) is 0 Å². The molecule has 3 N–H and O–H groups in total. The van der Waals surface area contributed by atoms with Crippen LogP contribution in [0.4, 0.5) is 0 Å². The summed E-state index contributed by atoms with van der Waals surface area (Å²) in [6.07, 6.45) is 75.8. The van der Waals surface area contributed by atoms with Gasteiger partial charge < -0.3 is 20.3 Å². The summed E-state index contributed by atoms with van der Waals surface area (Å²) in [4.78, 5) is 24.5. The summed E-state index contributed by atoms with van der Waals surface area (Å²) in [5.74, 6) is -0.0428. The normalized spacial score (nSPS) is 12.8. The Morgan fingerprint density at radius 2 is 0.732 bits per heavy atom. The summed E-state index contributed by atoms with van der Waals surface area (Å²) >= 11 is 0. The Labute approximate surface area is 443 Å². The molecule has 0 saturated heterocycles. The molecule has 6 nitrogen and oxygen atoms in total. The molecule has 0 spiro atoms. The van der Waals surface area contributed by atoms with E-state index in [1.54, 1.807) is 0 Å². The van der Waals surface area contributed by atoms with Crippen LogP contribution in [0.25, 0.3) is 0 Å². The summed E-state index contributed by atoms with van der Waals surface area (Å²) in [6, 6.07) is -0.547. The van der Waals surface area contributed by atoms with Crippen LogP contribution in [0.15, 0.2) is 36.5 Å². The van der Waals surface area contributed by atoms with Crippen molar-refractivity contribution in [1.29, 1.82) is 0 Å². The van der Waals surface area contributed by atoms with E-state index in [9.17, 15) is 19.8 Å². The number of carbonyl (C=O) groups is 2. The third-order valence-corrected chi connectivity index (χ3v) is 14.6. The molecule has 6 heteroatoms. The quantitative estimate of drug-likeness (QED) is 0.0321. The molecule has 0 fully saturated rings. The number of rotatable bonds is 59. The van der Waals surface area contributed by atoms with Gasteiger partial charge in [0.1, 0.15) is 0 Å². The second-order valence-corrected chi connectivity index (χ2v) is 21.7. The Balaban J connectivity index is 3.42. The van der Waals surface area contributed by atoms with Gasteiger partial charge in [0.15, 0.2) is 0 Å². The van der Waals surface area contributed by atoms with Crippen molar-refractivity contribution in [1.82, 2.24) is 5.32 Å². The fourth-order valence-electron chi connectivity index (χ4n) is 9.79. The summed E-state index contributed by atoms with van der Waals surface area (Å²) in [6.45, 7) is 4.90. The highest BCUT2D eigenvalue weighted by molar-refractivity contribution is 5.76. The first kappa shape index (κ1) is 69.1. The highest BCUT2D eigenvalue weighted by Gasteiger charge is 2.20. The molecule has 0 radical (unpaired) electrons. The average molecular weight is 999 g/mol. The van der Waals surface area contributed by atoms with Crippen LogP contribution in [-0.2, 0) is 14.3 Å². The second kappa shape index (κ2) is 60.6. The van der Waals surface area contributed by atoms with Crippen LogP contribution in [0.2, 0.25) is 0 Å². The zero-order valence-corrected chi connectivity index (χ0v) is 47.7. The van der Waals surface area contributed by atoms with Crippen LogP contribution in [0, 0.1) is 0 Å². The Kier molecular flexibility index (Phi) is 59.0. The molecule has 2 unspecified atom stereocenters. The average Bonchev–Trinajstić information content (AvgIpc) is 3.37. The molecule has 0 saturated carbocycles. The van der Waals surface area contributed by atoms with Gasteiger partial charge in [0.05, 0.1) is 25.4 Å². The molecule has 71 heavy (non-hydrogen) atoms. The largest absolute Gasteiger partial charge is 0.466 e. The number of amides is 1. The second-order valence-electron chi connectivity index (χ2n) is 21.7. The number of carbonyl (C=O) groups excluding carboxylic acids is 2. The van der Waals surface area contributed by atoms with Crippen molar-refractivity contribution in [3.63, 3.8) is 0 Å². The van der Waals surface area contributed by atoms with E-state index in [-0.39, 0.29) is 18.5 Å². The smallest absolute Gasteiger partial charge is 0.305 e. The van der Waals surface area contributed by atoms with Crippen molar-refractivity contribution >= 4 is 11.9 Å². The molecule has 0 aliphatic carbocycles. The van der Waals surface area contributed by atoms with Gasteiger partial charge >= 0.3 is 5.97 Å². The van der Waals surface area contributed by atoms with Gasteiger partial charge in [0.25, 0.3) is 0 Å². The van der Waals surface area contributed by atoms with Crippen LogP contribution in [0.1, 0.15) is 341 Å². The zero-order valence-electron chi connectivity index (χ0n) is 47.7. The van der Waals surface area contributed by atoms with Crippen molar-refractivity contribution in [3.8, 4) is 0 Å². The molecule has 0 aliphatic rings. The van der Waals surface area contributed by atoms with E-state index in [0.717, 1.165) is 51.4 Å². The van der Waals surface area contributed by atoms with Crippen molar-refractivity contribution in [2.45, 2.75) is 353 Å². The molecule has 0 aliphatic heterocycles. The van der Waals surface area contributed by atoms with E-state index in [1.807, 2.05) is 0 Å². The molecule has 1 amide bonds. The number of aliphatic hydroxyl groups excluding tert-OH is 2. The van der Waals surface area contributed by atoms with E-state index < -0.39 is 12.1 Å². The first-order valence-corrected chi connectivity index (χ1v) is 31.7. The highest BCUT2D eigenvalue weighted by Crippen LogP contribution is 2.18. The molecular weight excluding hydrogens is 875 g/mol. The van der Waals surface area contributed by atoms with Crippen molar-refractivity contribution in [3.05, 3.63) is 36.5 Å². The van der Waals surface area contributed by atoms with Gasteiger partial charge in [-0.05, 0) is 77.0 Å². The fourth-order valence-corrected chi connectivity index (χ4v) is 9.79. The lowest BCUT2D eigenvalue weighted by Crippen LogP contribution is -2.45. The number of ether oxygens (including phenoxy) is 1. The zero-order chi connectivity index (χ0) is 51.4. The van der Waals surface area contributed by atoms with Crippen LogP contribution in [-0.4, -0.2) is 47.4 Å². The number of allylic oxidation sites excluding steroid dienone is 6. The Bertz CT molecular complexity index is 1150. The van der Waals surface area contributed by atoms with Gasteiger partial charge in [0, 0.05) is 12.8 Å². The maximum atomic E-state index is 12.5. The van der Waals surface area contributed by atoms with Crippen LogP contribution < -0.4 is 5.32 Å². The first-order valence-electron chi connectivity index (χ1n) is 31.7. The number of unbranched alkanes of at least 4 members (excludes halogenated alkanes) is 42. The maximum absolute atomic E-state index is 12.5. The van der Waals surface area contributed by atoms with E-state index in [1.165, 1.54) is 257 Å². The van der Waals surface area contributed by atoms with E-state index in [0.29, 0.717) is 25.9 Å². The minimum absolute atomic E-state index is 0.00372. The molecule has 0 heterocycles. The van der Waals surface area contributed by atoms with Crippen molar-refractivity contribution < 1.29 is 24.5 Å².